The van der Waals surface area contributed by atoms with Crippen LogP contribution in [0.1, 0.15) is 17.2 Å². The van der Waals surface area contributed by atoms with E-state index in [0.29, 0.717) is 12.1 Å². The van der Waals surface area contributed by atoms with Crippen LogP contribution < -0.4 is 5.73 Å². The molecule has 0 aliphatic carbocycles. The van der Waals surface area contributed by atoms with Gasteiger partial charge in [0.15, 0.2) is 0 Å². The van der Waals surface area contributed by atoms with Crippen molar-refractivity contribution in [3.8, 4) is 0 Å². The second-order valence-corrected chi connectivity index (χ2v) is 3.05. The number of nitrogens with two attached hydrogens (primary N) is 1. The van der Waals surface area contributed by atoms with E-state index in [1.165, 1.54) is 0 Å². The molecule has 1 rings (SSSR count). The molecule has 0 saturated carbocycles. The first-order valence-electron chi connectivity index (χ1n) is 4.08. The molecule has 8 heteroatoms. The van der Waals surface area contributed by atoms with E-state index in [4.69, 9.17) is 10.8 Å². The Morgan fingerprint density at radius 2 is 1.88 bits per heavy atom. The second-order valence-electron chi connectivity index (χ2n) is 3.05. The van der Waals surface area contributed by atoms with Gasteiger partial charge in [-0.1, -0.05) is 6.07 Å². The number of aliphatic carboxylic acids is 1. The summed E-state index contributed by atoms with van der Waals surface area (Å²) in [6.45, 7) is 0. The lowest BCUT2D eigenvalue weighted by Gasteiger charge is -2.12. The van der Waals surface area contributed by atoms with Gasteiger partial charge in [-0.25, -0.2) is 4.39 Å². The Balaban J connectivity index is 0.00000256. The van der Waals surface area contributed by atoms with Crippen molar-refractivity contribution in [1.29, 1.82) is 0 Å². The lowest BCUT2D eigenvalue weighted by atomic mass is 10.0. The summed E-state index contributed by atoms with van der Waals surface area (Å²) in [4.78, 5) is 10.4. The van der Waals surface area contributed by atoms with E-state index in [0.717, 1.165) is 6.07 Å². The van der Waals surface area contributed by atoms with Crippen LogP contribution in [-0.2, 0) is 11.0 Å². The Kier molecular flexibility index (Phi) is 4.91. The molecule has 3 nitrogen and oxygen atoms in total. The number of benzene rings is 1. The standard InChI is InChI=1S/C9H7F4NO2.ClH/c10-6-2-1-4(7(14)8(15)16)3-5(6)9(11,12)13;/h1-3,7H,14H2,(H,15,16);1H. The normalized spacial score (nSPS) is 12.8. The third kappa shape index (κ3) is 3.57. The average molecular weight is 274 g/mol. The van der Waals surface area contributed by atoms with Gasteiger partial charge in [-0.2, -0.15) is 13.2 Å². The summed E-state index contributed by atoms with van der Waals surface area (Å²) in [6, 6.07) is 0.236. The first-order chi connectivity index (χ1) is 7.23. The zero-order valence-corrected chi connectivity index (χ0v) is 8.98. The Hall–Kier alpha value is -1.34. The number of carboxylic acid groups (broad SMARTS) is 1. The van der Waals surface area contributed by atoms with Crippen LogP contribution in [0.25, 0.3) is 0 Å². The highest BCUT2D eigenvalue weighted by Gasteiger charge is 2.34. The van der Waals surface area contributed by atoms with Gasteiger partial charge >= 0.3 is 12.1 Å². The molecule has 0 aliphatic rings. The second kappa shape index (κ2) is 5.33. The molecule has 1 atom stereocenters. The molecule has 0 aromatic heterocycles. The maximum absolute atomic E-state index is 12.8. The fourth-order valence-electron chi connectivity index (χ4n) is 1.10. The Bertz CT molecular complexity index is 422. The maximum atomic E-state index is 12.8. The highest BCUT2D eigenvalue weighted by molar-refractivity contribution is 5.85. The third-order valence-electron chi connectivity index (χ3n) is 1.92. The molecule has 0 heterocycles. The van der Waals surface area contributed by atoms with Crippen molar-refractivity contribution in [1.82, 2.24) is 0 Å². The summed E-state index contributed by atoms with van der Waals surface area (Å²) in [5, 5.41) is 8.50. The summed E-state index contributed by atoms with van der Waals surface area (Å²) in [5.74, 6) is -2.95. The van der Waals surface area contributed by atoms with Crippen molar-refractivity contribution in [2.24, 2.45) is 5.73 Å². The van der Waals surface area contributed by atoms with Crippen molar-refractivity contribution < 1.29 is 27.5 Å². The first kappa shape index (κ1) is 15.7. The van der Waals surface area contributed by atoms with Gasteiger partial charge in [0.25, 0.3) is 0 Å². The molecule has 0 spiro atoms. The molecule has 1 aromatic carbocycles. The molecule has 3 N–H and O–H groups in total. The smallest absolute Gasteiger partial charge is 0.419 e. The van der Waals surface area contributed by atoms with Crippen molar-refractivity contribution in [3.05, 3.63) is 35.1 Å². The maximum Gasteiger partial charge on any atom is 0.419 e. The fraction of sp³-hybridized carbons (Fsp3) is 0.222. The van der Waals surface area contributed by atoms with Crippen LogP contribution in [-0.4, -0.2) is 11.1 Å². The molecule has 0 bridgehead atoms. The van der Waals surface area contributed by atoms with Crippen LogP contribution in [0.2, 0.25) is 0 Å². The van der Waals surface area contributed by atoms with Gasteiger partial charge < -0.3 is 10.8 Å². The largest absolute Gasteiger partial charge is 0.480 e. The topological polar surface area (TPSA) is 63.3 Å². The summed E-state index contributed by atoms with van der Waals surface area (Å²) in [6.07, 6.45) is -4.88. The SMILES string of the molecule is Cl.NC(C(=O)O)c1ccc(F)c(C(F)(F)F)c1. The zero-order chi connectivity index (χ0) is 12.5. The van der Waals surface area contributed by atoms with E-state index in [1.807, 2.05) is 0 Å². The minimum atomic E-state index is -4.88. The van der Waals surface area contributed by atoms with Gasteiger partial charge in [0.05, 0.1) is 5.56 Å². The minimum Gasteiger partial charge on any atom is -0.480 e. The number of carbonyl (C=O) groups is 1. The zero-order valence-electron chi connectivity index (χ0n) is 8.16. The van der Waals surface area contributed by atoms with Gasteiger partial charge in [-0.15, -0.1) is 12.4 Å². The van der Waals surface area contributed by atoms with E-state index in [2.05, 4.69) is 0 Å². The van der Waals surface area contributed by atoms with E-state index in [1.54, 1.807) is 0 Å². The number of hydrogen-bond acceptors (Lipinski definition) is 2. The molecule has 96 valence electrons. The Morgan fingerprint density at radius 1 is 1.35 bits per heavy atom. The molecular formula is C9H8ClF4NO2. The minimum absolute atomic E-state index is 0. The molecule has 0 amide bonds. The fourth-order valence-corrected chi connectivity index (χ4v) is 1.10. The van der Waals surface area contributed by atoms with Gasteiger partial charge in [0, 0.05) is 0 Å². The molecule has 0 aliphatic heterocycles. The molecule has 0 fully saturated rings. The quantitative estimate of drug-likeness (QED) is 0.813. The van der Waals surface area contributed by atoms with E-state index in [9.17, 15) is 22.4 Å². The highest BCUT2D eigenvalue weighted by Crippen LogP contribution is 2.32. The first-order valence-corrected chi connectivity index (χ1v) is 4.08. The third-order valence-corrected chi connectivity index (χ3v) is 1.92. The van der Waals surface area contributed by atoms with Gasteiger partial charge in [-0.05, 0) is 17.7 Å². The average Bonchev–Trinajstić information content (AvgIpc) is 2.15. The highest BCUT2D eigenvalue weighted by atomic mass is 35.5. The van der Waals surface area contributed by atoms with Crippen LogP contribution in [0.3, 0.4) is 0 Å². The van der Waals surface area contributed by atoms with E-state index in [-0.39, 0.29) is 18.0 Å². The number of alkyl halides is 3. The van der Waals surface area contributed by atoms with Gasteiger partial charge in [-0.3, -0.25) is 4.79 Å². The van der Waals surface area contributed by atoms with Crippen molar-refractivity contribution in [3.63, 3.8) is 0 Å². The van der Waals surface area contributed by atoms with Gasteiger partial charge in [0.1, 0.15) is 11.9 Å². The predicted molar refractivity (Wildman–Crippen MR) is 53.2 cm³/mol. The predicted octanol–water partition coefficient (Wildman–Crippen LogP) is 2.35. The van der Waals surface area contributed by atoms with Crippen LogP contribution in [0.15, 0.2) is 18.2 Å². The van der Waals surface area contributed by atoms with Crippen molar-refractivity contribution >= 4 is 18.4 Å². The molecule has 17 heavy (non-hydrogen) atoms. The van der Waals surface area contributed by atoms with Crippen LogP contribution in [0, 0.1) is 5.82 Å². The number of carboxylic acids is 1. The number of rotatable bonds is 2. The van der Waals surface area contributed by atoms with Crippen molar-refractivity contribution in [2.45, 2.75) is 12.2 Å². The summed E-state index contributed by atoms with van der Waals surface area (Å²) in [5.41, 5.74) is 3.28. The van der Waals surface area contributed by atoms with Crippen LogP contribution in [0.4, 0.5) is 17.6 Å². The lowest BCUT2D eigenvalue weighted by Crippen LogP contribution is -2.21. The van der Waals surface area contributed by atoms with E-state index < -0.39 is 29.6 Å². The Morgan fingerprint density at radius 3 is 2.29 bits per heavy atom. The lowest BCUT2D eigenvalue weighted by molar-refractivity contribution is -0.141. The number of hydrogen-bond donors (Lipinski definition) is 2. The van der Waals surface area contributed by atoms with Crippen LogP contribution >= 0.6 is 12.4 Å². The summed E-state index contributed by atoms with van der Waals surface area (Å²) in [7, 11) is 0. The van der Waals surface area contributed by atoms with E-state index >= 15 is 0 Å². The molecule has 0 saturated heterocycles. The monoisotopic (exact) mass is 273 g/mol. The molecule has 1 unspecified atom stereocenters. The van der Waals surface area contributed by atoms with Crippen LogP contribution in [0.5, 0.6) is 0 Å². The number of halogens is 5. The molecule has 1 aromatic rings. The molecule has 0 radical (unpaired) electrons. The Labute approximate surface area is 99.6 Å². The van der Waals surface area contributed by atoms with Crippen molar-refractivity contribution in [2.75, 3.05) is 0 Å². The summed E-state index contributed by atoms with van der Waals surface area (Å²) >= 11 is 0. The summed E-state index contributed by atoms with van der Waals surface area (Å²) < 4.78 is 49.6. The van der Waals surface area contributed by atoms with Gasteiger partial charge in [0.2, 0.25) is 0 Å². The molecular weight excluding hydrogens is 266 g/mol.